The van der Waals surface area contributed by atoms with E-state index in [-0.39, 0.29) is 17.0 Å². The average Bonchev–Trinajstić information content (AvgIpc) is 2.72. The van der Waals surface area contributed by atoms with E-state index >= 15 is 0 Å². The number of amides is 1. The maximum Gasteiger partial charge on any atom is 0.418 e. The highest BCUT2D eigenvalue weighted by Crippen LogP contribution is 2.36. The van der Waals surface area contributed by atoms with Crippen LogP contribution in [0.2, 0.25) is 0 Å². The van der Waals surface area contributed by atoms with Crippen LogP contribution in [0.3, 0.4) is 0 Å². The molecule has 31 heavy (non-hydrogen) atoms. The molecule has 6 N–H and O–H groups in total. The van der Waals surface area contributed by atoms with E-state index in [0.29, 0.717) is 17.0 Å². The Labute approximate surface area is 174 Å². The number of anilines is 1. The summed E-state index contributed by atoms with van der Waals surface area (Å²) in [4.78, 5) is 15.7. The molecule has 0 saturated carbocycles. The number of nitrogens with zero attached hydrogens (tertiary/aromatic N) is 1. The minimum Gasteiger partial charge on any atom is -0.457 e. The number of halogens is 3. The summed E-state index contributed by atoms with van der Waals surface area (Å²) >= 11 is 0. The zero-order valence-corrected chi connectivity index (χ0v) is 15.9. The Balaban J connectivity index is 1.86. The molecule has 2 aromatic carbocycles. The van der Waals surface area contributed by atoms with Crippen LogP contribution in [0.15, 0.2) is 54.6 Å². The summed E-state index contributed by atoms with van der Waals surface area (Å²) in [5.41, 5.74) is 10.4. The van der Waals surface area contributed by atoms with Gasteiger partial charge < -0.3 is 26.4 Å². The summed E-state index contributed by atoms with van der Waals surface area (Å²) < 4.78 is 44.0. The van der Waals surface area contributed by atoms with Gasteiger partial charge >= 0.3 is 6.18 Å². The summed E-state index contributed by atoms with van der Waals surface area (Å²) in [5, 5.41) is 19.0. The number of aromatic nitrogens is 1. The van der Waals surface area contributed by atoms with Crippen LogP contribution in [0.5, 0.6) is 11.5 Å². The van der Waals surface area contributed by atoms with E-state index in [9.17, 15) is 23.1 Å². The van der Waals surface area contributed by atoms with E-state index in [1.807, 2.05) is 0 Å². The Kier molecular flexibility index (Phi) is 6.14. The number of ether oxygens (including phenoxy) is 1. The molecule has 0 spiro atoms. The molecule has 0 aliphatic heterocycles. The lowest BCUT2D eigenvalue weighted by atomic mass is 10.0. The van der Waals surface area contributed by atoms with Gasteiger partial charge in [0, 0.05) is 17.3 Å². The molecule has 0 aliphatic rings. The highest BCUT2D eigenvalue weighted by Gasteiger charge is 2.32. The van der Waals surface area contributed by atoms with Crippen molar-refractivity contribution in [3.8, 4) is 22.8 Å². The van der Waals surface area contributed by atoms with E-state index in [2.05, 4.69) is 4.98 Å². The van der Waals surface area contributed by atoms with E-state index in [1.165, 1.54) is 12.1 Å². The molecule has 3 rings (SSSR count). The SMILES string of the molecule is NC(=O)c1cc([C@@H](O)CO)cc(-c2ccc(Oc3ccc(C(F)(F)F)c(N)c3)cc2)n1. The van der Waals surface area contributed by atoms with Crippen molar-refractivity contribution in [2.75, 3.05) is 12.3 Å². The van der Waals surface area contributed by atoms with Crippen molar-refractivity contribution in [3.63, 3.8) is 0 Å². The van der Waals surface area contributed by atoms with Crippen LogP contribution in [0, 0.1) is 0 Å². The summed E-state index contributed by atoms with van der Waals surface area (Å²) in [6.45, 7) is -0.551. The first-order chi connectivity index (χ1) is 14.6. The fourth-order valence-corrected chi connectivity index (χ4v) is 2.82. The second-order valence-corrected chi connectivity index (χ2v) is 6.61. The standard InChI is InChI=1S/C21H18F3N3O4/c22-21(23,24)15-6-5-14(9-16(15)25)31-13-3-1-11(2-4-13)17-7-12(19(29)10-28)8-18(27-17)20(26)30/h1-9,19,28-29H,10,25H2,(H2,26,30)/t19-/m0/s1. The van der Waals surface area contributed by atoms with E-state index in [4.69, 9.17) is 21.3 Å². The number of nitrogens with two attached hydrogens (primary N) is 2. The van der Waals surface area contributed by atoms with Crippen LogP contribution in [-0.4, -0.2) is 27.7 Å². The number of primary amides is 1. The Bertz CT molecular complexity index is 1100. The van der Waals surface area contributed by atoms with Gasteiger partial charge in [-0.3, -0.25) is 4.79 Å². The minimum absolute atomic E-state index is 0.0828. The highest BCUT2D eigenvalue weighted by atomic mass is 19.4. The monoisotopic (exact) mass is 433 g/mol. The maximum absolute atomic E-state index is 12.8. The van der Waals surface area contributed by atoms with E-state index in [1.54, 1.807) is 24.3 Å². The van der Waals surface area contributed by atoms with Crippen molar-refractivity contribution in [3.05, 3.63) is 71.4 Å². The smallest absolute Gasteiger partial charge is 0.418 e. The van der Waals surface area contributed by atoms with Gasteiger partial charge in [0.05, 0.1) is 17.9 Å². The highest BCUT2D eigenvalue weighted by molar-refractivity contribution is 5.91. The predicted molar refractivity (Wildman–Crippen MR) is 106 cm³/mol. The molecule has 1 amide bonds. The van der Waals surface area contributed by atoms with Crippen LogP contribution < -0.4 is 16.2 Å². The van der Waals surface area contributed by atoms with Crippen LogP contribution >= 0.6 is 0 Å². The van der Waals surface area contributed by atoms with Gasteiger partial charge in [-0.25, -0.2) is 4.98 Å². The molecule has 1 atom stereocenters. The molecule has 162 valence electrons. The van der Waals surface area contributed by atoms with Gasteiger partial charge in [-0.2, -0.15) is 13.2 Å². The summed E-state index contributed by atoms with van der Waals surface area (Å²) in [6, 6.07) is 12.2. The maximum atomic E-state index is 12.8. The number of benzene rings is 2. The van der Waals surface area contributed by atoms with Crippen molar-refractivity contribution >= 4 is 11.6 Å². The molecule has 0 aliphatic carbocycles. The van der Waals surface area contributed by atoms with Crippen LogP contribution in [0.25, 0.3) is 11.3 Å². The molecular formula is C21H18F3N3O4. The molecule has 7 nitrogen and oxygen atoms in total. The average molecular weight is 433 g/mol. The number of pyridine rings is 1. The number of aliphatic hydroxyl groups excluding tert-OH is 2. The summed E-state index contributed by atoms with van der Waals surface area (Å²) in [6.07, 6.45) is -5.77. The molecule has 10 heteroatoms. The number of nitrogen functional groups attached to an aromatic ring is 1. The molecule has 0 bridgehead atoms. The molecule has 1 heterocycles. The topological polar surface area (TPSA) is 132 Å². The zero-order valence-electron chi connectivity index (χ0n) is 15.9. The van der Waals surface area contributed by atoms with Gasteiger partial charge in [0.25, 0.3) is 5.91 Å². The third-order valence-corrected chi connectivity index (χ3v) is 4.37. The van der Waals surface area contributed by atoms with Crippen LogP contribution in [0.4, 0.5) is 18.9 Å². The third-order valence-electron chi connectivity index (χ3n) is 4.37. The molecule has 1 aromatic heterocycles. The molecule has 0 unspecified atom stereocenters. The van der Waals surface area contributed by atoms with Gasteiger partial charge in [-0.1, -0.05) is 0 Å². The fourth-order valence-electron chi connectivity index (χ4n) is 2.82. The number of hydrogen-bond acceptors (Lipinski definition) is 6. The van der Waals surface area contributed by atoms with Crippen LogP contribution in [0.1, 0.15) is 27.7 Å². The minimum atomic E-state index is -4.56. The number of alkyl halides is 3. The Morgan fingerprint density at radius 3 is 2.26 bits per heavy atom. The molecular weight excluding hydrogens is 415 g/mol. The number of hydrogen-bond donors (Lipinski definition) is 4. The lowest BCUT2D eigenvalue weighted by Gasteiger charge is -2.13. The quantitative estimate of drug-likeness (QED) is 0.441. The molecule has 0 fully saturated rings. The molecule has 0 radical (unpaired) electrons. The predicted octanol–water partition coefficient (Wildman–Crippen LogP) is 3.27. The lowest BCUT2D eigenvalue weighted by molar-refractivity contribution is -0.136. The van der Waals surface area contributed by atoms with Crippen molar-refractivity contribution in [1.29, 1.82) is 0 Å². The van der Waals surface area contributed by atoms with E-state index in [0.717, 1.165) is 18.2 Å². The van der Waals surface area contributed by atoms with Gasteiger partial charge in [0.15, 0.2) is 0 Å². The van der Waals surface area contributed by atoms with Crippen molar-refractivity contribution in [1.82, 2.24) is 4.98 Å². The zero-order chi connectivity index (χ0) is 22.8. The lowest BCUT2D eigenvalue weighted by Crippen LogP contribution is -2.15. The van der Waals surface area contributed by atoms with Crippen LogP contribution in [-0.2, 0) is 6.18 Å². The fraction of sp³-hybridized carbons (Fsp3) is 0.143. The van der Waals surface area contributed by atoms with Gasteiger partial charge in [0.2, 0.25) is 0 Å². The van der Waals surface area contributed by atoms with E-state index < -0.39 is 36.0 Å². The first-order valence-corrected chi connectivity index (χ1v) is 8.94. The second kappa shape index (κ2) is 8.62. The van der Waals surface area contributed by atoms with Crippen molar-refractivity contribution in [2.24, 2.45) is 5.73 Å². The van der Waals surface area contributed by atoms with Gasteiger partial charge in [0.1, 0.15) is 23.3 Å². The third kappa shape index (κ3) is 5.11. The van der Waals surface area contributed by atoms with Gasteiger partial charge in [-0.15, -0.1) is 0 Å². The van der Waals surface area contributed by atoms with Gasteiger partial charge in [-0.05, 0) is 54.1 Å². The number of aliphatic hydroxyl groups is 2. The first kappa shape index (κ1) is 22.1. The number of carbonyl (C=O) groups excluding carboxylic acids is 1. The Hall–Kier alpha value is -3.63. The second-order valence-electron chi connectivity index (χ2n) is 6.61. The van der Waals surface area contributed by atoms with Crippen molar-refractivity contribution < 1.29 is 32.9 Å². The van der Waals surface area contributed by atoms with Crippen molar-refractivity contribution in [2.45, 2.75) is 12.3 Å². The summed E-state index contributed by atoms with van der Waals surface area (Å²) in [7, 11) is 0. The molecule has 3 aromatic rings. The Morgan fingerprint density at radius 1 is 1.06 bits per heavy atom. The number of rotatable bonds is 6. The number of carbonyl (C=O) groups is 1. The molecule has 0 saturated heterocycles. The normalized spacial score (nSPS) is 12.4. The Morgan fingerprint density at radius 2 is 1.71 bits per heavy atom. The largest absolute Gasteiger partial charge is 0.457 e. The summed E-state index contributed by atoms with van der Waals surface area (Å²) in [5.74, 6) is -0.349. The first-order valence-electron chi connectivity index (χ1n) is 8.94.